The fourth-order valence-electron chi connectivity index (χ4n) is 1.23. The Kier molecular flexibility index (Phi) is 5.31. The third-order valence-electron chi connectivity index (χ3n) is 1.89. The number of carbonyl (C=O) groups is 2. The summed E-state index contributed by atoms with van der Waals surface area (Å²) in [6, 6.07) is 2.47. The Morgan fingerprint density at radius 3 is 2.68 bits per heavy atom. The summed E-state index contributed by atoms with van der Waals surface area (Å²) >= 11 is 3.26. The lowest BCUT2D eigenvalue weighted by Crippen LogP contribution is -2.24. The number of halogens is 1. The zero-order valence-corrected chi connectivity index (χ0v) is 11.9. The van der Waals surface area contributed by atoms with Crippen molar-refractivity contribution in [1.29, 1.82) is 0 Å². The molecule has 1 rings (SSSR count). The zero-order valence-electron chi connectivity index (χ0n) is 10.3. The van der Waals surface area contributed by atoms with Crippen molar-refractivity contribution in [3.8, 4) is 11.5 Å². The summed E-state index contributed by atoms with van der Waals surface area (Å²) in [5.41, 5.74) is 7.55. The highest BCUT2D eigenvalue weighted by atomic mass is 79.9. The molecule has 0 saturated heterocycles. The van der Waals surface area contributed by atoms with Crippen LogP contribution in [-0.4, -0.2) is 25.3 Å². The van der Waals surface area contributed by atoms with E-state index in [1.54, 1.807) is 12.1 Å². The summed E-state index contributed by atoms with van der Waals surface area (Å²) < 4.78 is 10.7. The van der Waals surface area contributed by atoms with Crippen LogP contribution in [0.5, 0.6) is 11.5 Å². The number of nitrogens with zero attached hydrogens (tertiary/aromatic N) is 1. The van der Waals surface area contributed by atoms with Gasteiger partial charge in [-0.2, -0.15) is 5.10 Å². The number of hydrogen-bond acceptors (Lipinski definition) is 5. The van der Waals surface area contributed by atoms with Gasteiger partial charge in [0.1, 0.15) is 0 Å². The summed E-state index contributed by atoms with van der Waals surface area (Å²) in [5, 5.41) is 3.61. The van der Waals surface area contributed by atoms with Crippen LogP contribution in [0.3, 0.4) is 0 Å². The first-order valence-corrected chi connectivity index (χ1v) is 5.87. The van der Waals surface area contributed by atoms with Crippen LogP contribution in [0.25, 0.3) is 0 Å². The standard InChI is InChI=1S/C11H12BrN3O4/c1-6(16)19-10-8(12)3-7(4-9(10)18-2)5-14-15-11(13)17/h3-5H,1-2H3,(H3,13,15,17). The largest absolute Gasteiger partial charge is 0.493 e. The number of primary amides is 1. The third kappa shape index (κ3) is 4.59. The van der Waals surface area contributed by atoms with Crippen LogP contribution in [0.2, 0.25) is 0 Å². The van der Waals surface area contributed by atoms with E-state index in [-0.39, 0.29) is 5.75 Å². The molecule has 19 heavy (non-hydrogen) atoms. The Morgan fingerprint density at radius 2 is 2.16 bits per heavy atom. The number of hydrogen-bond donors (Lipinski definition) is 2. The summed E-state index contributed by atoms with van der Waals surface area (Å²) in [5.74, 6) is 0.163. The predicted molar refractivity (Wildman–Crippen MR) is 72.3 cm³/mol. The lowest BCUT2D eigenvalue weighted by atomic mass is 10.2. The molecule has 3 N–H and O–H groups in total. The Labute approximate surface area is 117 Å². The molecule has 1 aromatic carbocycles. The van der Waals surface area contributed by atoms with Crippen molar-refractivity contribution >= 4 is 34.1 Å². The maximum absolute atomic E-state index is 11.0. The van der Waals surface area contributed by atoms with Crippen LogP contribution in [-0.2, 0) is 4.79 Å². The highest BCUT2D eigenvalue weighted by Gasteiger charge is 2.13. The van der Waals surface area contributed by atoms with Crippen LogP contribution in [0, 0.1) is 0 Å². The number of rotatable bonds is 4. The number of urea groups is 1. The van der Waals surface area contributed by atoms with Gasteiger partial charge in [-0.15, -0.1) is 0 Å². The SMILES string of the molecule is COc1cc(C=NNC(N)=O)cc(Br)c1OC(C)=O. The molecule has 7 nitrogen and oxygen atoms in total. The van der Waals surface area contributed by atoms with Crippen LogP contribution >= 0.6 is 15.9 Å². The van der Waals surface area contributed by atoms with Gasteiger partial charge in [0.05, 0.1) is 17.8 Å². The molecule has 0 bridgehead atoms. The van der Waals surface area contributed by atoms with E-state index in [1.165, 1.54) is 20.2 Å². The van der Waals surface area contributed by atoms with Gasteiger partial charge in [-0.3, -0.25) is 4.79 Å². The van der Waals surface area contributed by atoms with Crippen LogP contribution in [0.4, 0.5) is 4.79 Å². The molecule has 0 aromatic heterocycles. The van der Waals surface area contributed by atoms with Crippen molar-refractivity contribution in [2.45, 2.75) is 6.92 Å². The number of carbonyl (C=O) groups excluding carboxylic acids is 2. The Bertz CT molecular complexity index is 531. The normalized spacial score (nSPS) is 10.3. The minimum atomic E-state index is -0.765. The molecule has 8 heteroatoms. The average Bonchev–Trinajstić information content (AvgIpc) is 2.31. The van der Waals surface area contributed by atoms with Crippen LogP contribution in [0.15, 0.2) is 21.7 Å². The zero-order chi connectivity index (χ0) is 14.4. The minimum absolute atomic E-state index is 0.273. The van der Waals surface area contributed by atoms with Crippen LogP contribution in [0.1, 0.15) is 12.5 Å². The van der Waals surface area contributed by atoms with Gasteiger partial charge in [-0.05, 0) is 33.6 Å². The van der Waals surface area contributed by atoms with Crippen molar-refractivity contribution < 1.29 is 19.1 Å². The number of nitrogens with two attached hydrogens (primary N) is 1. The number of nitrogens with one attached hydrogen (secondary N) is 1. The molecular weight excluding hydrogens is 318 g/mol. The fourth-order valence-corrected chi connectivity index (χ4v) is 1.77. The van der Waals surface area contributed by atoms with Gasteiger partial charge in [0.25, 0.3) is 0 Å². The first kappa shape index (κ1) is 15.0. The summed E-state index contributed by atoms with van der Waals surface area (Å²) in [6.07, 6.45) is 1.37. The van der Waals surface area contributed by atoms with E-state index < -0.39 is 12.0 Å². The van der Waals surface area contributed by atoms with E-state index in [0.29, 0.717) is 15.8 Å². The molecule has 0 aliphatic heterocycles. The third-order valence-corrected chi connectivity index (χ3v) is 2.47. The number of methoxy groups -OCH3 is 1. The van der Waals surface area contributed by atoms with Gasteiger partial charge in [0.2, 0.25) is 0 Å². The summed E-state index contributed by atoms with van der Waals surface area (Å²) in [6.45, 7) is 1.29. The number of ether oxygens (including phenoxy) is 2. The van der Waals surface area contributed by atoms with Gasteiger partial charge in [0, 0.05) is 6.92 Å². The van der Waals surface area contributed by atoms with Crippen molar-refractivity contribution in [3.63, 3.8) is 0 Å². The summed E-state index contributed by atoms with van der Waals surface area (Å²) in [7, 11) is 1.44. The molecular formula is C11H12BrN3O4. The second-order valence-corrected chi connectivity index (χ2v) is 4.22. The molecule has 0 aliphatic carbocycles. The minimum Gasteiger partial charge on any atom is -0.493 e. The Hall–Kier alpha value is -2.09. The number of esters is 1. The highest BCUT2D eigenvalue weighted by molar-refractivity contribution is 9.10. The van der Waals surface area contributed by atoms with E-state index in [4.69, 9.17) is 15.2 Å². The lowest BCUT2D eigenvalue weighted by Gasteiger charge is -2.10. The number of hydrazone groups is 1. The lowest BCUT2D eigenvalue weighted by molar-refractivity contribution is -0.132. The maximum Gasteiger partial charge on any atom is 0.332 e. The van der Waals surface area contributed by atoms with Crippen LogP contribution < -0.4 is 20.6 Å². The molecule has 0 aliphatic rings. The quantitative estimate of drug-likeness (QED) is 0.377. The van der Waals surface area contributed by atoms with E-state index in [9.17, 15) is 9.59 Å². The van der Waals surface area contributed by atoms with Gasteiger partial charge in [-0.1, -0.05) is 0 Å². The molecule has 0 heterocycles. The van der Waals surface area contributed by atoms with Gasteiger partial charge in [0.15, 0.2) is 11.5 Å². The molecule has 0 spiro atoms. The average molecular weight is 330 g/mol. The Morgan fingerprint density at radius 1 is 1.47 bits per heavy atom. The molecule has 1 aromatic rings. The number of benzene rings is 1. The summed E-state index contributed by atoms with van der Waals surface area (Å²) in [4.78, 5) is 21.4. The monoisotopic (exact) mass is 329 g/mol. The number of amides is 2. The van der Waals surface area contributed by atoms with E-state index in [1.807, 2.05) is 0 Å². The molecule has 0 atom stereocenters. The molecule has 0 saturated carbocycles. The fraction of sp³-hybridized carbons (Fsp3) is 0.182. The predicted octanol–water partition coefficient (Wildman–Crippen LogP) is 1.39. The highest BCUT2D eigenvalue weighted by Crippen LogP contribution is 2.36. The second-order valence-electron chi connectivity index (χ2n) is 3.36. The second kappa shape index (κ2) is 6.74. The van der Waals surface area contributed by atoms with E-state index >= 15 is 0 Å². The molecule has 0 unspecified atom stereocenters. The van der Waals surface area contributed by atoms with Crippen molar-refractivity contribution in [3.05, 3.63) is 22.2 Å². The first-order chi connectivity index (χ1) is 8.93. The maximum atomic E-state index is 11.0. The van der Waals surface area contributed by atoms with E-state index in [0.717, 1.165) is 0 Å². The Balaban J connectivity index is 3.05. The van der Waals surface area contributed by atoms with Gasteiger partial charge >= 0.3 is 12.0 Å². The van der Waals surface area contributed by atoms with Crippen molar-refractivity contribution in [1.82, 2.24) is 5.43 Å². The first-order valence-electron chi connectivity index (χ1n) is 5.08. The van der Waals surface area contributed by atoms with Gasteiger partial charge < -0.3 is 15.2 Å². The topological polar surface area (TPSA) is 103 Å². The molecule has 0 radical (unpaired) electrons. The molecule has 0 fully saturated rings. The molecule has 2 amide bonds. The smallest absolute Gasteiger partial charge is 0.332 e. The van der Waals surface area contributed by atoms with E-state index in [2.05, 4.69) is 26.5 Å². The van der Waals surface area contributed by atoms with Crippen molar-refractivity contribution in [2.24, 2.45) is 10.8 Å². The van der Waals surface area contributed by atoms with Crippen molar-refractivity contribution in [2.75, 3.05) is 7.11 Å². The van der Waals surface area contributed by atoms with Gasteiger partial charge in [-0.25, -0.2) is 10.2 Å². The molecule has 102 valence electrons.